The van der Waals surface area contributed by atoms with Crippen LogP contribution in [-0.2, 0) is 0 Å². The van der Waals surface area contributed by atoms with Crippen molar-refractivity contribution in [3.8, 4) is 5.75 Å². The van der Waals surface area contributed by atoms with Gasteiger partial charge in [-0.2, -0.15) is 0 Å². The highest BCUT2D eigenvalue weighted by Gasteiger charge is 2.01. The number of hydrogen-bond donors (Lipinski definition) is 1. The molecule has 0 atom stereocenters. The monoisotopic (exact) mass is 233 g/mol. The molecule has 0 aliphatic rings. The van der Waals surface area contributed by atoms with Crippen molar-refractivity contribution in [2.75, 3.05) is 20.2 Å². The van der Waals surface area contributed by atoms with E-state index in [2.05, 4.69) is 5.32 Å². The lowest BCUT2D eigenvalue weighted by molar-refractivity contribution is 0.310. The van der Waals surface area contributed by atoms with E-state index in [-0.39, 0.29) is 0 Å². The zero-order valence-electron chi connectivity index (χ0n) is 8.02. The molecule has 1 N–H and O–H groups in total. The largest absolute Gasteiger partial charge is 0.492 e. The number of halogens is 2. The average molecular weight is 234 g/mol. The fraction of sp³-hybridized carbons (Fsp3) is 0.400. The van der Waals surface area contributed by atoms with Crippen LogP contribution in [0, 0.1) is 0 Å². The number of nitrogens with one attached hydrogen (secondary N) is 1. The molecular weight excluding hydrogens is 221 g/mol. The van der Waals surface area contributed by atoms with E-state index < -0.39 is 0 Å². The molecule has 4 heteroatoms. The quantitative estimate of drug-likeness (QED) is 0.791. The van der Waals surface area contributed by atoms with E-state index in [0.717, 1.165) is 13.0 Å². The van der Waals surface area contributed by atoms with Gasteiger partial charge in [-0.15, -0.1) is 0 Å². The zero-order chi connectivity index (χ0) is 10.4. The molecule has 0 spiro atoms. The second-order valence-corrected chi connectivity index (χ2v) is 3.72. The van der Waals surface area contributed by atoms with Gasteiger partial charge in [0.2, 0.25) is 0 Å². The van der Waals surface area contributed by atoms with Crippen LogP contribution in [0.2, 0.25) is 10.0 Å². The first-order valence-electron chi connectivity index (χ1n) is 4.46. The van der Waals surface area contributed by atoms with Crippen molar-refractivity contribution in [2.45, 2.75) is 6.42 Å². The first-order chi connectivity index (χ1) is 6.74. The summed E-state index contributed by atoms with van der Waals surface area (Å²) >= 11 is 11.7. The summed E-state index contributed by atoms with van der Waals surface area (Å²) in [6.07, 6.45) is 0.954. The molecule has 0 saturated heterocycles. The summed E-state index contributed by atoms with van der Waals surface area (Å²) in [5.41, 5.74) is 0. The van der Waals surface area contributed by atoms with Crippen molar-refractivity contribution in [3.63, 3.8) is 0 Å². The normalized spacial score (nSPS) is 10.2. The van der Waals surface area contributed by atoms with Crippen LogP contribution in [0.3, 0.4) is 0 Å². The third kappa shape index (κ3) is 3.74. The Morgan fingerprint density at radius 2 is 2.14 bits per heavy atom. The van der Waals surface area contributed by atoms with Crippen LogP contribution >= 0.6 is 23.2 Å². The van der Waals surface area contributed by atoms with Gasteiger partial charge in [0.05, 0.1) is 11.6 Å². The van der Waals surface area contributed by atoms with E-state index in [9.17, 15) is 0 Å². The summed E-state index contributed by atoms with van der Waals surface area (Å²) in [6, 6.07) is 5.22. The van der Waals surface area contributed by atoms with Crippen LogP contribution in [-0.4, -0.2) is 20.2 Å². The van der Waals surface area contributed by atoms with Gasteiger partial charge in [0, 0.05) is 5.02 Å². The average Bonchev–Trinajstić information content (AvgIpc) is 2.15. The number of benzene rings is 1. The third-order valence-electron chi connectivity index (χ3n) is 1.72. The lowest BCUT2D eigenvalue weighted by atomic mass is 10.3. The molecule has 0 amide bonds. The maximum absolute atomic E-state index is 5.92. The zero-order valence-corrected chi connectivity index (χ0v) is 9.53. The standard InChI is InChI=1S/C10H13Cl2NO/c1-13-5-2-6-14-10-4-3-8(11)7-9(10)12/h3-4,7,13H,2,5-6H2,1H3. The van der Waals surface area contributed by atoms with Crippen LogP contribution in [0.4, 0.5) is 0 Å². The molecule has 78 valence electrons. The minimum absolute atomic E-state index is 0.557. The molecule has 1 aromatic rings. The summed E-state index contributed by atoms with van der Waals surface area (Å²) in [6.45, 7) is 1.59. The van der Waals surface area contributed by atoms with E-state index in [1.807, 2.05) is 7.05 Å². The van der Waals surface area contributed by atoms with Crippen molar-refractivity contribution in [1.29, 1.82) is 0 Å². The van der Waals surface area contributed by atoms with Crippen molar-refractivity contribution in [2.24, 2.45) is 0 Å². The fourth-order valence-corrected chi connectivity index (χ4v) is 1.49. The topological polar surface area (TPSA) is 21.3 Å². The highest BCUT2D eigenvalue weighted by Crippen LogP contribution is 2.27. The second kappa shape index (κ2) is 6.12. The molecule has 0 saturated carbocycles. The van der Waals surface area contributed by atoms with E-state index in [1.165, 1.54) is 0 Å². The van der Waals surface area contributed by atoms with Gasteiger partial charge in [0.1, 0.15) is 5.75 Å². The van der Waals surface area contributed by atoms with Gasteiger partial charge in [-0.3, -0.25) is 0 Å². The molecule has 0 heterocycles. The Morgan fingerprint density at radius 1 is 1.36 bits per heavy atom. The van der Waals surface area contributed by atoms with E-state index in [1.54, 1.807) is 18.2 Å². The molecule has 0 radical (unpaired) electrons. The molecule has 0 aliphatic carbocycles. The van der Waals surface area contributed by atoms with Crippen molar-refractivity contribution in [3.05, 3.63) is 28.2 Å². The van der Waals surface area contributed by atoms with E-state index in [4.69, 9.17) is 27.9 Å². The third-order valence-corrected chi connectivity index (χ3v) is 2.25. The Kier molecular flexibility index (Phi) is 5.09. The molecule has 1 rings (SSSR count). The minimum atomic E-state index is 0.557. The summed E-state index contributed by atoms with van der Waals surface area (Å²) in [4.78, 5) is 0. The van der Waals surface area contributed by atoms with Gasteiger partial charge in [-0.25, -0.2) is 0 Å². The van der Waals surface area contributed by atoms with Crippen LogP contribution in [0.5, 0.6) is 5.75 Å². The number of rotatable bonds is 5. The highest BCUT2D eigenvalue weighted by atomic mass is 35.5. The molecule has 1 aromatic carbocycles. The van der Waals surface area contributed by atoms with Crippen molar-refractivity contribution >= 4 is 23.2 Å². The van der Waals surface area contributed by atoms with Gasteiger partial charge in [0.25, 0.3) is 0 Å². The molecule has 2 nitrogen and oxygen atoms in total. The Hall–Kier alpha value is -0.440. The Bertz CT molecular complexity index is 291. The number of ether oxygens (including phenoxy) is 1. The lowest BCUT2D eigenvalue weighted by Crippen LogP contribution is -2.11. The van der Waals surface area contributed by atoms with Crippen LogP contribution in [0.25, 0.3) is 0 Å². The summed E-state index contributed by atoms with van der Waals surface area (Å²) in [5, 5.41) is 4.22. The van der Waals surface area contributed by atoms with E-state index >= 15 is 0 Å². The first kappa shape index (κ1) is 11.6. The molecule has 0 unspecified atom stereocenters. The maximum Gasteiger partial charge on any atom is 0.137 e. The van der Waals surface area contributed by atoms with Gasteiger partial charge < -0.3 is 10.1 Å². The smallest absolute Gasteiger partial charge is 0.137 e. The summed E-state index contributed by atoms with van der Waals surface area (Å²) in [7, 11) is 1.91. The highest BCUT2D eigenvalue weighted by molar-refractivity contribution is 6.35. The fourth-order valence-electron chi connectivity index (χ4n) is 1.02. The molecule has 0 fully saturated rings. The predicted octanol–water partition coefficient (Wildman–Crippen LogP) is 2.98. The SMILES string of the molecule is CNCCCOc1ccc(Cl)cc1Cl. The van der Waals surface area contributed by atoms with Crippen LogP contribution in [0.1, 0.15) is 6.42 Å². The van der Waals surface area contributed by atoms with Gasteiger partial charge in [0.15, 0.2) is 0 Å². The first-order valence-corrected chi connectivity index (χ1v) is 5.22. The Morgan fingerprint density at radius 3 is 2.79 bits per heavy atom. The van der Waals surface area contributed by atoms with Gasteiger partial charge >= 0.3 is 0 Å². The van der Waals surface area contributed by atoms with Crippen LogP contribution in [0.15, 0.2) is 18.2 Å². The maximum atomic E-state index is 5.92. The van der Waals surface area contributed by atoms with Gasteiger partial charge in [-0.1, -0.05) is 23.2 Å². The molecule has 14 heavy (non-hydrogen) atoms. The molecular formula is C10H13Cl2NO. The van der Waals surface area contributed by atoms with Crippen molar-refractivity contribution < 1.29 is 4.74 Å². The van der Waals surface area contributed by atoms with Gasteiger partial charge in [-0.05, 0) is 38.2 Å². The Balaban J connectivity index is 2.42. The van der Waals surface area contributed by atoms with Crippen molar-refractivity contribution in [1.82, 2.24) is 5.32 Å². The molecule has 0 aromatic heterocycles. The number of hydrogen-bond acceptors (Lipinski definition) is 2. The Labute approximate surface area is 94.2 Å². The molecule has 0 bridgehead atoms. The molecule has 0 aliphatic heterocycles. The second-order valence-electron chi connectivity index (χ2n) is 2.88. The van der Waals surface area contributed by atoms with E-state index in [0.29, 0.717) is 22.4 Å². The summed E-state index contributed by atoms with van der Waals surface area (Å²) in [5.74, 6) is 0.687. The van der Waals surface area contributed by atoms with Crippen LogP contribution < -0.4 is 10.1 Å². The lowest BCUT2D eigenvalue weighted by Gasteiger charge is -2.07. The minimum Gasteiger partial charge on any atom is -0.492 e. The summed E-state index contributed by atoms with van der Waals surface area (Å²) < 4.78 is 5.46. The predicted molar refractivity (Wildman–Crippen MR) is 60.5 cm³/mol.